The van der Waals surface area contributed by atoms with E-state index < -0.39 is 4.92 Å². The van der Waals surface area contributed by atoms with Crippen molar-refractivity contribution >= 4 is 17.3 Å². The Labute approximate surface area is 138 Å². The Morgan fingerprint density at radius 3 is 2.78 bits per heavy atom. The Hall–Kier alpha value is -2.18. The summed E-state index contributed by atoms with van der Waals surface area (Å²) in [6.45, 7) is 0.758. The number of hydroxylamine groups is 2. The monoisotopic (exact) mass is 333 g/mol. The number of rotatable bonds is 4. The van der Waals surface area contributed by atoms with Crippen LogP contribution in [0.5, 0.6) is 5.88 Å². The van der Waals surface area contributed by atoms with E-state index in [-0.39, 0.29) is 22.6 Å². The highest BCUT2D eigenvalue weighted by Crippen LogP contribution is 2.33. The molecule has 0 aliphatic carbocycles. The van der Waals surface area contributed by atoms with E-state index in [1.54, 1.807) is 0 Å². The second-order valence-electron chi connectivity index (χ2n) is 5.39. The van der Waals surface area contributed by atoms with Crippen molar-refractivity contribution in [3.63, 3.8) is 0 Å². The van der Waals surface area contributed by atoms with Crippen LogP contribution in [0, 0.1) is 10.1 Å². The van der Waals surface area contributed by atoms with E-state index in [1.807, 2.05) is 23.3 Å². The molecule has 2 heterocycles. The number of hydrogen-bond acceptors (Lipinski definition) is 5. The van der Waals surface area contributed by atoms with Crippen LogP contribution in [-0.4, -0.2) is 21.5 Å². The van der Waals surface area contributed by atoms with Gasteiger partial charge >= 0.3 is 0 Å². The highest BCUT2D eigenvalue weighted by molar-refractivity contribution is 6.32. The van der Waals surface area contributed by atoms with Gasteiger partial charge in [-0.1, -0.05) is 48.4 Å². The van der Waals surface area contributed by atoms with Gasteiger partial charge in [-0.25, -0.2) is 4.98 Å². The first-order valence-electron chi connectivity index (χ1n) is 7.44. The van der Waals surface area contributed by atoms with Crippen molar-refractivity contribution in [1.29, 1.82) is 0 Å². The molecule has 23 heavy (non-hydrogen) atoms. The van der Waals surface area contributed by atoms with Gasteiger partial charge in [-0.3, -0.25) is 10.1 Å². The van der Waals surface area contributed by atoms with Crippen molar-refractivity contribution in [3.05, 3.63) is 63.3 Å². The van der Waals surface area contributed by atoms with Crippen molar-refractivity contribution in [2.24, 2.45) is 0 Å². The van der Waals surface area contributed by atoms with Crippen LogP contribution in [0.3, 0.4) is 0 Å². The smallest absolute Gasteiger partial charge is 0.289 e. The van der Waals surface area contributed by atoms with Gasteiger partial charge in [0.1, 0.15) is 11.2 Å². The van der Waals surface area contributed by atoms with Crippen LogP contribution in [-0.2, 0) is 0 Å². The molecule has 0 spiro atoms. The predicted molar refractivity (Wildman–Crippen MR) is 86.3 cm³/mol. The highest BCUT2D eigenvalue weighted by Gasteiger charge is 2.27. The summed E-state index contributed by atoms with van der Waals surface area (Å²) >= 11 is 6.07. The zero-order valence-corrected chi connectivity index (χ0v) is 13.1. The maximum Gasteiger partial charge on any atom is 0.289 e. The Kier molecular flexibility index (Phi) is 4.73. The lowest BCUT2D eigenvalue weighted by atomic mass is 9.97. The number of halogens is 1. The number of benzene rings is 1. The number of nitro groups is 1. The molecule has 0 radical (unpaired) electrons. The molecule has 3 rings (SSSR count). The second kappa shape index (κ2) is 6.93. The van der Waals surface area contributed by atoms with Crippen molar-refractivity contribution in [2.45, 2.75) is 25.3 Å². The lowest BCUT2D eigenvalue weighted by molar-refractivity contribution is -0.385. The first kappa shape index (κ1) is 15.7. The van der Waals surface area contributed by atoms with E-state index in [1.165, 1.54) is 11.6 Å². The molecule has 6 nitrogen and oxygen atoms in total. The molecule has 1 aromatic carbocycles. The lowest BCUT2D eigenvalue weighted by Gasteiger charge is -2.34. The molecule has 1 unspecified atom stereocenters. The highest BCUT2D eigenvalue weighted by atomic mass is 35.5. The van der Waals surface area contributed by atoms with Crippen LogP contribution in [0.2, 0.25) is 5.02 Å². The van der Waals surface area contributed by atoms with Crippen LogP contribution in [0.15, 0.2) is 42.6 Å². The average Bonchev–Trinajstić information content (AvgIpc) is 2.58. The summed E-state index contributed by atoms with van der Waals surface area (Å²) in [5.41, 5.74) is 1.02. The molecule has 0 bridgehead atoms. The van der Waals surface area contributed by atoms with Crippen LogP contribution < -0.4 is 4.84 Å². The van der Waals surface area contributed by atoms with Crippen molar-refractivity contribution in [2.75, 3.05) is 6.54 Å². The third-order valence-corrected chi connectivity index (χ3v) is 4.12. The topological polar surface area (TPSA) is 68.5 Å². The minimum absolute atomic E-state index is 0.123. The Bertz CT molecular complexity index is 696. The van der Waals surface area contributed by atoms with Gasteiger partial charge in [-0.15, -0.1) is 5.06 Å². The summed E-state index contributed by atoms with van der Waals surface area (Å²) in [4.78, 5) is 20.1. The standard InChI is InChI=1S/C16H16ClN3O3/c17-14-10-13(20(21)22)11-18-16(14)23-19-9-5-4-8-15(19)12-6-2-1-3-7-12/h1-3,6-7,10-11,15H,4-5,8-9H2. The number of aromatic nitrogens is 1. The molecule has 1 saturated heterocycles. The van der Waals surface area contributed by atoms with Gasteiger partial charge in [0, 0.05) is 12.6 Å². The van der Waals surface area contributed by atoms with Gasteiger partial charge in [0.15, 0.2) is 0 Å². The minimum atomic E-state index is -0.531. The van der Waals surface area contributed by atoms with Crippen molar-refractivity contribution in [1.82, 2.24) is 10.0 Å². The Morgan fingerprint density at radius 2 is 2.09 bits per heavy atom. The third kappa shape index (κ3) is 3.60. The van der Waals surface area contributed by atoms with Crippen molar-refractivity contribution in [3.8, 4) is 5.88 Å². The molecular formula is C16H16ClN3O3. The first-order valence-corrected chi connectivity index (χ1v) is 7.82. The number of hydrogen-bond donors (Lipinski definition) is 0. The van der Waals surface area contributed by atoms with Crippen LogP contribution in [0.1, 0.15) is 30.9 Å². The van der Waals surface area contributed by atoms with Crippen LogP contribution >= 0.6 is 11.6 Å². The van der Waals surface area contributed by atoms with E-state index in [4.69, 9.17) is 16.4 Å². The normalized spacial score (nSPS) is 18.6. The quantitative estimate of drug-likeness (QED) is 0.620. The summed E-state index contributed by atoms with van der Waals surface area (Å²) in [6.07, 6.45) is 4.28. The van der Waals surface area contributed by atoms with E-state index >= 15 is 0 Å². The molecule has 1 aliphatic rings. The molecule has 1 atom stereocenters. The summed E-state index contributed by atoms with van der Waals surface area (Å²) in [7, 11) is 0. The minimum Gasteiger partial charge on any atom is -0.383 e. The fraction of sp³-hybridized carbons (Fsp3) is 0.312. The van der Waals surface area contributed by atoms with Crippen LogP contribution in [0.25, 0.3) is 0 Å². The molecule has 1 aromatic heterocycles. The molecule has 0 N–H and O–H groups in total. The average molecular weight is 334 g/mol. The molecule has 1 fully saturated rings. The molecule has 1 aliphatic heterocycles. The van der Waals surface area contributed by atoms with Gasteiger partial charge in [-0.05, 0) is 18.4 Å². The molecular weight excluding hydrogens is 318 g/mol. The molecule has 7 heteroatoms. The number of piperidine rings is 1. The largest absolute Gasteiger partial charge is 0.383 e. The van der Waals surface area contributed by atoms with Gasteiger partial charge in [0.05, 0.1) is 11.0 Å². The summed E-state index contributed by atoms with van der Waals surface area (Å²) in [6, 6.07) is 11.5. The maximum absolute atomic E-state index is 10.7. The van der Waals surface area contributed by atoms with E-state index in [2.05, 4.69) is 17.1 Å². The SMILES string of the molecule is O=[N+]([O-])c1cnc(ON2CCCCC2c2ccccc2)c(Cl)c1. The second-order valence-corrected chi connectivity index (χ2v) is 5.80. The van der Waals surface area contributed by atoms with E-state index in [0.29, 0.717) is 0 Å². The zero-order chi connectivity index (χ0) is 16.2. The lowest BCUT2D eigenvalue weighted by Crippen LogP contribution is -2.36. The Balaban J connectivity index is 1.81. The van der Waals surface area contributed by atoms with Crippen molar-refractivity contribution < 1.29 is 9.76 Å². The maximum atomic E-state index is 10.7. The van der Waals surface area contributed by atoms with E-state index in [9.17, 15) is 10.1 Å². The fourth-order valence-electron chi connectivity index (χ4n) is 2.72. The summed E-state index contributed by atoms with van der Waals surface area (Å²) in [5.74, 6) is 0.195. The van der Waals surface area contributed by atoms with Crippen LogP contribution in [0.4, 0.5) is 5.69 Å². The summed E-state index contributed by atoms with van der Waals surface area (Å²) in [5, 5.41) is 12.7. The fourth-order valence-corrected chi connectivity index (χ4v) is 2.91. The third-order valence-electron chi connectivity index (χ3n) is 3.85. The molecule has 2 aromatic rings. The van der Waals surface area contributed by atoms with Gasteiger partial charge in [0.2, 0.25) is 0 Å². The first-order chi connectivity index (χ1) is 11.1. The van der Waals surface area contributed by atoms with Gasteiger partial charge in [-0.2, -0.15) is 0 Å². The zero-order valence-electron chi connectivity index (χ0n) is 12.4. The number of pyridine rings is 1. The molecule has 120 valence electrons. The molecule has 0 saturated carbocycles. The molecule has 0 amide bonds. The van der Waals surface area contributed by atoms with E-state index in [0.717, 1.165) is 32.0 Å². The predicted octanol–water partition coefficient (Wildman–Crippen LogP) is 4.16. The number of nitrogens with zero attached hydrogens (tertiary/aromatic N) is 3. The Morgan fingerprint density at radius 1 is 1.30 bits per heavy atom. The van der Waals surface area contributed by atoms with Gasteiger partial charge in [0.25, 0.3) is 11.6 Å². The van der Waals surface area contributed by atoms with Gasteiger partial charge < -0.3 is 4.84 Å². The summed E-state index contributed by atoms with van der Waals surface area (Å²) < 4.78 is 0.